The molecule has 2 unspecified atom stereocenters. The Hall–Kier alpha value is -0.160. The van der Waals surface area contributed by atoms with Gasteiger partial charge < -0.3 is 19.9 Å². The Morgan fingerprint density at radius 1 is 1.41 bits per heavy atom. The van der Waals surface area contributed by atoms with Gasteiger partial charge in [0, 0.05) is 19.7 Å². The van der Waals surface area contributed by atoms with Crippen LogP contribution in [-0.4, -0.2) is 50.7 Å². The highest BCUT2D eigenvalue weighted by Crippen LogP contribution is 2.36. The first-order valence-corrected chi connectivity index (χ1v) is 6.51. The number of rotatable bonds is 8. The van der Waals surface area contributed by atoms with Gasteiger partial charge in [-0.15, -0.1) is 0 Å². The molecule has 17 heavy (non-hydrogen) atoms. The quantitative estimate of drug-likeness (QED) is 0.631. The second kappa shape index (κ2) is 7.31. The van der Waals surface area contributed by atoms with Crippen LogP contribution in [0.4, 0.5) is 0 Å². The van der Waals surface area contributed by atoms with Gasteiger partial charge >= 0.3 is 0 Å². The first-order valence-electron chi connectivity index (χ1n) is 6.51. The minimum absolute atomic E-state index is 0.381. The van der Waals surface area contributed by atoms with Crippen LogP contribution in [0.3, 0.4) is 0 Å². The molecule has 1 rings (SSSR count). The van der Waals surface area contributed by atoms with Crippen molar-refractivity contribution >= 4 is 0 Å². The van der Waals surface area contributed by atoms with Gasteiger partial charge in [-0.1, -0.05) is 13.8 Å². The summed E-state index contributed by atoms with van der Waals surface area (Å²) in [6.07, 6.45) is 3.26. The Balaban J connectivity index is 2.02. The third kappa shape index (κ3) is 6.36. The molecule has 0 aromatic rings. The molecule has 2 atom stereocenters. The largest absolute Gasteiger partial charge is 0.389 e. The summed E-state index contributed by atoms with van der Waals surface area (Å²) >= 11 is 0. The third-order valence-electron chi connectivity index (χ3n) is 3.35. The lowest BCUT2D eigenvalue weighted by molar-refractivity contribution is 0.0129. The van der Waals surface area contributed by atoms with Crippen LogP contribution in [0, 0.1) is 5.41 Å². The molecule has 0 amide bonds. The Morgan fingerprint density at radius 3 is 2.76 bits per heavy atom. The minimum Gasteiger partial charge on any atom is -0.389 e. The lowest BCUT2D eigenvalue weighted by Crippen LogP contribution is -2.36. The van der Waals surface area contributed by atoms with Gasteiger partial charge in [0.25, 0.3) is 0 Å². The molecule has 1 fully saturated rings. The number of nitrogens with one attached hydrogen (secondary N) is 1. The van der Waals surface area contributed by atoms with E-state index in [2.05, 4.69) is 19.2 Å². The predicted octanol–water partition coefficient (Wildman–Crippen LogP) is 1.18. The fourth-order valence-electron chi connectivity index (χ4n) is 2.33. The highest BCUT2D eigenvalue weighted by atomic mass is 16.5. The highest BCUT2D eigenvalue weighted by molar-refractivity contribution is 4.86. The van der Waals surface area contributed by atoms with Crippen molar-refractivity contribution < 1.29 is 14.6 Å². The maximum Gasteiger partial charge on any atom is 0.0897 e. The SMILES string of the molecule is COCCOCC(O)CNC1CCC(C)(C)C1. The van der Waals surface area contributed by atoms with Gasteiger partial charge in [-0.05, 0) is 24.7 Å². The van der Waals surface area contributed by atoms with Gasteiger partial charge in [0.15, 0.2) is 0 Å². The zero-order valence-corrected chi connectivity index (χ0v) is 11.4. The van der Waals surface area contributed by atoms with E-state index < -0.39 is 6.10 Å². The Morgan fingerprint density at radius 2 is 2.18 bits per heavy atom. The maximum absolute atomic E-state index is 9.71. The zero-order valence-electron chi connectivity index (χ0n) is 11.4. The molecule has 4 heteroatoms. The van der Waals surface area contributed by atoms with Crippen LogP contribution in [-0.2, 0) is 9.47 Å². The molecule has 0 aromatic carbocycles. The molecule has 0 bridgehead atoms. The van der Waals surface area contributed by atoms with Crippen LogP contribution < -0.4 is 5.32 Å². The van der Waals surface area contributed by atoms with Crippen molar-refractivity contribution in [2.75, 3.05) is 33.5 Å². The number of methoxy groups -OCH3 is 1. The Labute approximate surface area is 105 Å². The molecule has 0 aliphatic heterocycles. The van der Waals surface area contributed by atoms with Crippen molar-refractivity contribution in [1.29, 1.82) is 0 Å². The normalized spacial score (nSPS) is 25.1. The third-order valence-corrected chi connectivity index (χ3v) is 3.35. The average Bonchev–Trinajstić information content (AvgIpc) is 2.62. The topological polar surface area (TPSA) is 50.7 Å². The molecular weight excluding hydrogens is 218 g/mol. The van der Waals surface area contributed by atoms with E-state index in [1.165, 1.54) is 19.3 Å². The lowest BCUT2D eigenvalue weighted by Gasteiger charge is -2.19. The van der Waals surface area contributed by atoms with Crippen molar-refractivity contribution in [3.8, 4) is 0 Å². The van der Waals surface area contributed by atoms with Crippen molar-refractivity contribution in [3.05, 3.63) is 0 Å². The molecule has 0 heterocycles. The number of ether oxygens (including phenoxy) is 2. The molecular formula is C13H27NO3. The summed E-state index contributed by atoms with van der Waals surface area (Å²) in [4.78, 5) is 0. The molecule has 4 nitrogen and oxygen atoms in total. The summed E-state index contributed by atoms with van der Waals surface area (Å²) in [5.74, 6) is 0. The van der Waals surface area contributed by atoms with Gasteiger partial charge in [-0.2, -0.15) is 0 Å². The molecule has 1 aliphatic rings. The second-order valence-corrected chi connectivity index (χ2v) is 5.73. The average molecular weight is 245 g/mol. The van der Waals surface area contributed by atoms with Crippen molar-refractivity contribution in [2.45, 2.75) is 45.3 Å². The van der Waals surface area contributed by atoms with Gasteiger partial charge in [0.2, 0.25) is 0 Å². The molecule has 0 spiro atoms. The molecule has 1 saturated carbocycles. The Kier molecular flexibility index (Phi) is 6.41. The summed E-state index contributed by atoms with van der Waals surface area (Å²) in [5.41, 5.74) is 0.456. The van der Waals surface area contributed by atoms with Crippen LogP contribution >= 0.6 is 0 Å². The zero-order chi connectivity index (χ0) is 12.7. The van der Waals surface area contributed by atoms with E-state index in [0.29, 0.717) is 37.8 Å². The van der Waals surface area contributed by atoms with Crippen molar-refractivity contribution in [2.24, 2.45) is 5.41 Å². The first kappa shape index (κ1) is 14.9. The van der Waals surface area contributed by atoms with Crippen LogP contribution in [0.1, 0.15) is 33.1 Å². The minimum atomic E-state index is -0.421. The smallest absolute Gasteiger partial charge is 0.0897 e. The molecule has 2 N–H and O–H groups in total. The standard InChI is InChI=1S/C13H27NO3/c1-13(2)5-4-11(8-13)14-9-12(15)10-17-7-6-16-3/h11-12,14-15H,4-10H2,1-3H3. The molecule has 0 radical (unpaired) electrons. The lowest BCUT2D eigenvalue weighted by atomic mass is 9.92. The van der Waals surface area contributed by atoms with E-state index in [1.807, 2.05) is 0 Å². The fraction of sp³-hybridized carbons (Fsp3) is 1.00. The summed E-state index contributed by atoms with van der Waals surface area (Å²) in [6.45, 7) is 6.74. The number of hydrogen-bond acceptors (Lipinski definition) is 4. The van der Waals surface area contributed by atoms with Gasteiger partial charge in [-0.25, -0.2) is 0 Å². The van der Waals surface area contributed by atoms with E-state index in [9.17, 15) is 5.11 Å². The number of hydrogen-bond donors (Lipinski definition) is 2. The van der Waals surface area contributed by atoms with Gasteiger partial charge in [0.05, 0.1) is 25.9 Å². The number of aliphatic hydroxyl groups excluding tert-OH is 1. The number of aliphatic hydroxyl groups is 1. The molecule has 1 aliphatic carbocycles. The summed E-state index contributed by atoms with van der Waals surface area (Å²) in [6, 6.07) is 0.554. The summed E-state index contributed by atoms with van der Waals surface area (Å²) < 4.78 is 10.1. The van der Waals surface area contributed by atoms with Gasteiger partial charge in [0.1, 0.15) is 0 Å². The Bertz CT molecular complexity index is 209. The van der Waals surface area contributed by atoms with Crippen LogP contribution in [0.15, 0.2) is 0 Å². The highest BCUT2D eigenvalue weighted by Gasteiger charge is 2.30. The van der Waals surface area contributed by atoms with E-state index in [-0.39, 0.29) is 0 Å². The van der Waals surface area contributed by atoms with E-state index in [0.717, 1.165) is 0 Å². The van der Waals surface area contributed by atoms with Crippen LogP contribution in [0.5, 0.6) is 0 Å². The monoisotopic (exact) mass is 245 g/mol. The summed E-state index contributed by atoms with van der Waals surface area (Å²) in [7, 11) is 1.64. The first-order chi connectivity index (χ1) is 8.03. The molecule has 0 saturated heterocycles. The summed E-state index contributed by atoms with van der Waals surface area (Å²) in [5, 5.41) is 13.1. The van der Waals surface area contributed by atoms with Gasteiger partial charge in [-0.3, -0.25) is 0 Å². The molecule has 102 valence electrons. The maximum atomic E-state index is 9.71. The van der Waals surface area contributed by atoms with Crippen molar-refractivity contribution in [1.82, 2.24) is 5.32 Å². The predicted molar refractivity (Wildman–Crippen MR) is 68.1 cm³/mol. The van der Waals surface area contributed by atoms with E-state index in [1.54, 1.807) is 7.11 Å². The van der Waals surface area contributed by atoms with Crippen LogP contribution in [0.2, 0.25) is 0 Å². The van der Waals surface area contributed by atoms with Crippen molar-refractivity contribution in [3.63, 3.8) is 0 Å². The van der Waals surface area contributed by atoms with Crippen LogP contribution in [0.25, 0.3) is 0 Å². The second-order valence-electron chi connectivity index (χ2n) is 5.73. The van der Waals surface area contributed by atoms with E-state index in [4.69, 9.17) is 9.47 Å². The van der Waals surface area contributed by atoms with E-state index >= 15 is 0 Å². The molecule has 0 aromatic heterocycles. The fourth-order valence-corrected chi connectivity index (χ4v) is 2.33.